The molecule has 0 radical (unpaired) electrons. The van der Waals surface area contributed by atoms with Crippen molar-refractivity contribution in [1.29, 1.82) is 0 Å². The highest BCUT2D eigenvalue weighted by molar-refractivity contribution is 5.97. The van der Waals surface area contributed by atoms with Crippen LogP contribution in [0.5, 0.6) is 0 Å². The maximum absolute atomic E-state index is 14.6. The molecule has 0 saturated carbocycles. The summed E-state index contributed by atoms with van der Waals surface area (Å²) in [6.45, 7) is 3.36. The van der Waals surface area contributed by atoms with Gasteiger partial charge in [-0.3, -0.25) is 14.4 Å². The molecule has 0 bridgehead atoms. The third-order valence-corrected chi connectivity index (χ3v) is 6.84. The van der Waals surface area contributed by atoms with Crippen molar-refractivity contribution in [3.63, 3.8) is 0 Å². The zero-order valence-electron chi connectivity index (χ0n) is 18.3. The van der Waals surface area contributed by atoms with Gasteiger partial charge in [0.25, 0.3) is 0 Å². The Morgan fingerprint density at radius 1 is 1.21 bits per heavy atom. The molecule has 0 spiro atoms. The van der Waals surface area contributed by atoms with Crippen molar-refractivity contribution in [2.45, 2.75) is 24.8 Å². The normalized spacial score (nSPS) is 24.5. The average Bonchev–Trinajstić information content (AvgIpc) is 3.12. The van der Waals surface area contributed by atoms with Crippen molar-refractivity contribution in [3.8, 4) is 0 Å². The molecule has 1 aliphatic carbocycles. The van der Waals surface area contributed by atoms with Gasteiger partial charge in [-0.1, -0.05) is 40.1 Å². The number of aryl methyl sites for hydroxylation is 1. The van der Waals surface area contributed by atoms with Crippen LogP contribution in [0.2, 0.25) is 0 Å². The van der Waals surface area contributed by atoms with E-state index in [1.54, 1.807) is 4.68 Å². The molecule has 1 fully saturated rings. The maximum atomic E-state index is 14.6. The Labute approximate surface area is 190 Å². The molecule has 8 nitrogen and oxygen atoms in total. The highest BCUT2D eigenvalue weighted by atomic mass is 19.2. The number of hydrogen-bond donors (Lipinski definition) is 1. The number of hydrazone groups is 1. The van der Waals surface area contributed by atoms with E-state index < -0.39 is 0 Å². The Bertz CT molecular complexity index is 1240. The SMILES string of the molecule is Cn1ncnc1C1C2=C3C(=CC1c1ccc(CN4CCC4)cc1)C=NN(F)C3=CC(=O)CN2. The minimum Gasteiger partial charge on any atom is -0.380 e. The topological polar surface area (TPSA) is 78.7 Å². The van der Waals surface area contributed by atoms with Crippen LogP contribution in [0.15, 0.2) is 70.4 Å². The van der Waals surface area contributed by atoms with E-state index in [9.17, 15) is 9.28 Å². The van der Waals surface area contributed by atoms with Gasteiger partial charge in [-0.15, -0.1) is 5.10 Å². The number of rotatable bonds is 4. The standard InChI is InChI=1S/C24H24FN7O/c1-30-24(27-14-29-30)22-19(16-5-3-15(4-6-16)13-31-7-2-8-31)9-17-11-28-32(25)20-10-18(33)12-26-23(22)21(17)20/h3-6,9-11,14,19,22,26H,2,7-8,12-13H2,1H3. The third-order valence-electron chi connectivity index (χ3n) is 6.84. The molecule has 33 heavy (non-hydrogen) atoms. The number of aromatic nitrogens is 3. The minimum absolute atomic E-state index is 0.0826. The molecule has 1 aromatic carbocycles. The van der Waals surface area contributed by atoms with E-state index in [0.29, 0.717) is 5.57 Å². The van der Waals surface area contributed by atoms with E-state index in [1.165, 1.54) is 30.6 Å². The van der Waals surface area contributed by atoms with E-state index in [-0.39, 0.29) is 35.1 Å². The van der Waals surface area contributed by atoms with Crippen LogP contribution >= 0.6 is 0 Å². The van der Waals surface area contributed by atoms with Crippen molar-refractivity contribution in [2.75, 3.05) is 19.6 Å². The summed E-state index contributed by atoms with van der Waals surface area (Å²) in [5.41, 5.74) is 4.77. The Morgan fingerprint density at radius 2 is 2.03 bits per heavy atom. The molecular weight excluding hydrogens is 421 g/mol. The van der Waals surface area contributed by atoms with Gasteiger partial charge < -0.3 is 5.32 Å². The first-order chi connectivity index (χ1) is 16.1. The fraction of sp³-hybridized carbons (Fsp3) is 0.333. The van der Waals surface area contributed by atoms with Crippen LogP contribution in [-0.2, 0) is 18.4 Å². The number of halogens is 1. The van der Waals surface area contributed by atoms with E-state index in [0.717, 1.165) is 42.3 Å². The molecule has 2 unspecified atom stereocenters. The van der Waals surface area contributed by atoms with Crippen molar-refractivity contribution in [3.05, 3.63) is 82.2 Å². The Balaban J connectivity index is 1.46. The highest BCUT2D eigenvalue weighted by Gasteiger charge is 2.41. The largest absolute Gasteiger partial charge is 0.380 e. The number of likely N-dealkylation sites (tertiary alicyclic amines) is 1. The van der Waals surface area contributed by atoms with Gasteiger partial charge >= 0.3 is 0 Å². The molecule has 2 aromatic rings. The van der Waals surface area contributed by atoms with Gasteiger partial charge in [0.05, 0.1) is 18.7 Å². The quantitative estimate of drug-likeness (QED) is 0.728. The smallest absolute Gasteiger partial charge is 0.176 e. The fourth-order valence-electron chi connectivity index (χ4n) is 5.04. The first-order valence-corrected chi connectivity index (χ1v) is 11.2. The first kappa shape index (κ1) is 20.0. The second kappa shape index (κ2) is 7.77. The number of hydrogen-bond acceptors (Lipinski definition) is 7. The molecule has 3 aliphatic heterocycles. The third kappa shape index (κ3) is 3.39. The zero-order chi connectivity index (χ0) is 22.5. The van der Waals surface area contributed by atoms with E-state index >= 15 is 0 Å². The number of nitrogens with zero attached hydrogens (tertiary/aromatic N) is 6. The predicted octanol–water partition coefficient (Wildman–Crippen LogP) is 2.32. The van der Waals surface area contributed by atoms with Crippen molar-refractivity contribution < 1.29 is 9.28 Å². The average molecular weight is 446 g/mol. The molecule has 1 N–H and O–H groups in total. The van der Waals surface area contributed by atoms with Crippen LogP contribution in [0.25, 0.3) is 0 Å². The summed E-state index contributed by atoms with van der Waals surface area (Å²) in [5.74, 6) is 0.199. The lowest BCUT2D eigenvalue weighted by molar-refractivity contribution is -0.113. The van der Waals surface area contributed by atoms with E-state index in [2.05, 4.69) is 55.7 Å². The molecule has 9 heteroatoms. The number of carbonyl (C=O) groups excluding carboxylic acids is 1. The number of benzene rings is 1. The van der Waals surface area contributed by atoms with Gasteiger partial charge in [0.1, 0.15) is 17.8 Å². The van der Waals surface area contributed by atoms with Crippen LogP contribution in [0.3, 0.4) is 0 Å². The lowest BCUT2D eigenvalue weighted by atomic mass is 9.74. The first-order valence-electron chi connectivity index (χ1n) is 11.2. The highest BCUT2D eigenvalue weighted by Crippen LogP contribution is 2.47. The van der Waals surface area contributed by atoms with Gasteiger partial charge in [0.2, 0.25) is 0 Å². The molecule has 1 saturated heterocycles. The summed E-state index contributed by atoms with van der Waals surface area (Å²) in [6.07, 6.45) is 7.73. The second-order valence-electron chi connectivity index (χ2n) is 8.88. The van der Waals surface area contributed by atoms with E-state index in [1.807, 2.05) is 7.05 Å². The molecule has 0 amide bonds. The summed E-state index contributed by atoms with van der Waals surface area (Å²) in [5, 5.41) is 11.7. The summed E-state index contributed by atoms with van der Waals surface area (Å²) in [6, 6.07) is 8.67. The Morgan fingerprint density at radius 3 is 2.73 bits per heavy atom. The predicted molar refractivity (Wildman–Crippen MR) is 120 cm³/mol. The van der Waals surface area contributed by atoms with Crippen molar-refractivity contribution >= 4 is 12.0 Å². The number of nitrogens with one attached hydrogen (secondary N) is 1. The molecule has 2 atom stereocenters. The van der Waals surface area contributed by atoms with Gasteiger partial charge in [-0.25, -0.2) is 4.98 Å². The molecular formula is C24H24FN7O. The summed E-state index contributed by atoms with van der Waals surface area (Å²) >= 11 is 0. The Hall–Kier alpha value is -3.59. The number of carbonyl (C=O) groups is 1. The lowest BCUT2D eigenvalue weighted by Gasteiger charge is -2.35. The second-order valence-corrected chi connectivity index (χ2v) is 8.88. The van der Waals surface area contributed by atoms with Crippen molar-refractivity contribution in [2.24, 2.45) is 12.1 Å². The van der Waals surface area contributed by atoms with E-state index in [4.69, 9.17) is 0 Å². The van der Waals surface area contributed by atoms with Crippen LogP contribution in [-0.4, -0.2) is 56.5 Å². The van der Waals surface area contributed by atoms with Gasteiger partial charge in [0, 0.05) is 42.4 Å². The van der Waals surface area contributed by atoms with Crippen LogP contribution in [0.4, 0.5) is 4.48 Å². The van der Waals surface area contributed by atoms with Gasteiger partial charge in [-0.2, -0.15) is 5.10 Å². The van der Waals surface area contributed by atoms with Crippen molar-refractivity contribution in [1.82, 2.24) is 30.2 Å². The minimum atomic E-state index is -0.258. The molecule has 1 aromatic heterocycles. The molecule has 4 aliphatic rings. The fourth-order valence-corrected chi connectivity index (χ4v) is 5.04. The van der Waals surface area contributed by atoms with Crippen LogP contribution in [0.1, 0.15) is 35.2 Å². The van der Waals surface area contributed by atoms with Gasteiger partial charge in [0.15, 0.2) is 5.78 Å². The Kier molecular flexibility index (Phi) is 4.72. The lowest BCUT2D eigenvalue weighted by Crippen LogP contribution is -2.36. The zero-order valence-corrected chi connectivity index (χ0v) is 18.3. The molecule has 6 rings (SSSR count). The number of ketones is 1. The van der Waals surface area contributed by atoms with Crippen LogP contribution in [0, 0.1) is 0 Å². The molecule has 168 valence electrons. The monoisotopic (exact) mass is 445 g/mol. The van der Waals surface area contributed by atoms with Crippen LogP contribution < -0.4 is 5.32 Å². The summed E-state index contributed by atoms with van der Waals surface area (Å²) < 4.78 is 16.4. The van der Waals surface area contributed by atoms with Gasteiger partial charge in [-0.05, 0) is 30.6 Å². The molecule has 4 heterocycles. The number of allylic oxidation sites excluding steroid dienone is 3. The summed E-state index contributed by atoms with van der Waals surface area (Å²) in [7, 11) is 1.85. The summed E-state index contributed by atoms with van der Waals surface area (Å²) in [4.78, 5) is 19.3. The maximum Gasteiger partial charge on any atom is 0.176 e.